The summed E-state index contributed by atoms with van der Waals surface area (Å²) in [4.78, 5) is 40.0. The van der Waals surface area contributed by atoms with Crippen molar-refractivity contribution in [3.8, 4) is 0 Å². The number of nitrogens with zero attached hydrogens (tertiary/aromatic N) is 1. The molecular formula is C26H36N2O5. The Labute approximate surface area is 196 Å². The Morgan fingerprint density at radius 1 is 1.15 bits per heavy atom. The van der Waals surface area contributed by atoms with Crippen molar-refractivity contribution in [3.63, 3.8) is 0 Å². The second-order valence-corrected chi connectivity index (χ2v) is 9.00. The minimum absolute atomic E-state index is 0.0611. The van der Waals surface area contributed by atoms with E-state index in [9.17, 15) is 19.5 Å². The van der Waals surface area contributed by atoms with Crippen LogP contribution in [0.4, 0.5) is 0 Å². The van der Waals surface area contributed by atoms with Crippen LogP contribution < -0.4 is 5.32 Å². The molecular weight excluding hydrogens is 420 g/mol. The second-order valence-electron chi connectivity index (χ2n) is 9.00. The summed E-state index contributed by atoms with van der Waals surface area (Å²) in [7, 11) is 0. The molecule has 1 saturated heterocycles. The maximum absolute atomic E-state index is 13.4. The summed E-state index contributed by atoms with van der Waals surface area (Å²) in [6.45, 7) is 0.678. The predicted molar refractivity (Wildman–Crippen MR) is 125 cm³/mol. The summed E-state index contributed by atoms with van der Waals surface area (Å²) < 4.78 is 5.43. The zero-order valence-corrected chi connectivity index (χ0v) is 19.3. The van der Waals surface area contributed by atoms with Crippen molar-refractivity contribution >= 4 is 17.8 Å². The van der Waals surface area contributed by atoms with Gasteiger partial charge in [-0.1, -0.05) is 42.5 Å². The fourth-order valence-corrected chi connectivity index (χ4v) is 4.55. The summed E-state index contributed by atoms with van der Waals surface area (Å²) in [6, 6.07) is 9.17. The second kappa shape index (κ2) is 13.1. The van der Waals surface area contributed by atoms with Crippen LogP contribution in [0.2, 0.25) is 0 Å². The maximum Gasteiger partial charge on any atom is 0.305 e. The lowest BCUT2D eigenvalue weighted by molar-refractivity contribution is -0.148. The molecule has 2 aliphatic heterocycles. The quantitative estimate of drug-likeness (QED) is 0.507. The van der Waals surface area contributed by atoms with Gasteiger partial charge in [0.15, 0.2) is 0 Å². The van der Waals surface area contributed by atoms with Crippen molar-refractivity contribution in [2.24, 2.45) is 5.92 Å². The van der Waals surface area contributed by atoms with E-state index in [2.05, 4.69) is 5.32 Å². The van der Waals surface area contributed by atoms with E-state index in [0.717, 1.165) is 37.7 Å². The number of hydrogen-bond acceptors (Lipinski definition) is 5. The molecule has 7 heteroatoms. The Hall–Kier alpha value is -2.67. The summed E-state index contributed by atoms with van der Waals surface area (Å²) in [6.07, 6.45) is 9.69. The van der Waals surface area contributed by atoms with Crippen LogP contribution in [-0.2, 0) is 25.5 Å². The first-order valence-corrected chi connectivity index (χ1v) is 12.1. The smallest absolute Gasteiger partial charge is 0.305 e. The van der Waals surface area contributed by atoms with Crippen LogP contribution in [0, 0.1) is 5.92 Å². The number of hydrogen-bond donors (Lipinski definition) is 2. The van der Waals surface area contributed by atoms with Crippen LogP contribution in [0.25, 0.3) is 0 Å². The number of carbonyl (C=O) groups excluding carboxylic acids is 3. The fraction of sp³-hybridized carbons (Fsp3) is 0.577. The minimum Gasteiger partial charge on any atom is -0.463 e. The lowest BCUT2D eigenvalue weighted by Crippen LogP contribution is -2.45. The molecule has 0 aromatic heterocycles. The van der Waals surface area contributed by atoms with Gasteiger partial charge >= 0.3 is 5.97 Å². The molecule has 3 unspecified atom stereocenters. The molecule has 3 rings (SSSR count). The highest BCUT2D eigenvalue weighted by atomic mass is 16.5. The zero-order chi connectivity index (χ0) is 23.5. The number of fused-ring (bicyclic) bond motifs is 1. The number of carbonyl (C=O) groups is 3. The van der Waals surface area contributed by atoms with E-state index >= 15 is 0 Å². The Kier molecular flexibility index (Phi) is 9.94. The number of cyclic esters (lactones) is 1. The fourth-order valence-electron chi connectivity index (χ4n) is 4.55. The molecule has 0 radical (unpaired) electrons. The van der Waals surface area contributed by atoms with Crippen LogP contribution in [0.1, 0.15) is 56.9 Å². The number of ether oxygens (including phenoxy) is 1. The molecule has 0 saturated carbocycles. The Balaban J connectivity index is 1.65. The molecule has 3 atom stereocenters. The monoisotopic (exact) mass is 456 g/mol. The van der Waals surface area contributed by atoms with Crippen molar-refractivity contribution in [1.29, 1.82) is 0 Å². The average molecular weight is 457 g/mol. The highest BCUT2D eigenvalue weighted by Gasteiger charge is 2.34. The number of allylic oxidation sites excluding steroid dienone is 2. The third-order valence-electron chi connectivity index (χ3n) is 6.38. The van der Waals surface area contributed by atoms with Crippen LogP contribution in [0.15, 0.2) is 42.5 Å². The Morgan fingerprint density at radius 2 is 1.97 bits per heavy atom. The molecule has 2 heterocycles. The van der Waals surface area contributed by atoms with E-state index < -0.39 is 12.0 Å². The van der Waals surface area contributed by atoms with Gasteiger partial charge in [-0.25, -0.2) is 0 Å². The Morgan fingerprint density at radius 3 is 2.76 bits per heavy atom. The number of esters is 1. The van der Waals surface area contributed by atoms with E-state index in [0.29, 0.717) is 25.8 Å². The van der Waals surface area contributed by atoms with E-state index in [-0.39, 0.29) is 43.5 Å². The van der Waals surface area contributed by atoms with Crippen LogP contribution >= 0.6 is 0 Å². The molecule has 2 aliphatic rings. The molecule has 1 fully saturated rings. The first kappa shape index (κ1) is 25.0. The number of rotatable bonds is 6. The topological polar surface area (TPSA) is 95.9 Å². The lowest BCUT2D eigenvalue weighted by atomic mass is 9.97. The van der Waals surface area contributed by atoms with E-state index in [4.69, 9.17) is 4.74 Å². The van der Waals surface area contributed by atoms with Gasteiger partial charge in [0.2, 0.25) is 11.8 Å². The van der Waals surface area contributed by atoms with Gasteiger partial charge in [0.05, 0.1) is 24.6 Å². The molecule has 0 bridgehead atoms. The third kappa shape index (κ3) is 8.00. The normalized spacial score (nSPS) is 23.4. The number of aliphatic hydroxyl groups is 1. The standard InChI is InChI=1S/C26H36N2O5/c29-18-22(16-20-10-5-4-6-11-20)27-24(30)17-21-12-7-2-1-3-8-14-25(31)33-19-23-13-9-15-28(23)26(21)32/h2,4-7,10-11,21-23,29H,1,3,8-9,12-19H2,(H,27,30). The predicted octanol–water partition coefficient (Wildman–Crippen LogP) is 2.77. The van der Waals surface area contributed by atoms with Gasteiger partial charge in [-0.3, -0.25) is 14.4 Å². The van der Waals surface area contributed by atoms with Crippen molar-refractivity contribution in [1.82, 2.24) is 10.2 Å². The van der Waals surface area contributed by atoms with Crippen molar-refractivity contribution in [3.05, 3.63) is 48.0 Å². The first-order chi connectivity index (χ1) is 16.1. The third-order valence-corrected chi connectivity index (χ3v) is 6.38. The van der Waals surface area contributed by atoms with Crippen molar-refractivity contribution in [2.75, 3.05) is 19.8 Å². The lowest BCUT2D eigenvalue weighted by Gasteiger charge is -2.28. The van der Waals surface area contributed by atoms with E-state index in [1.54, 1.807) is 4.90 Å². The summed E-state index contributed by atoms with van der Waals surface area (Å²) >= 11 is 0. The van der Waals surface area contributed by atoms with Crippen LogP contribution in [0.3, 0.4) is 0 Å². The maximum atomic E-state index is 13.4. The molecule has 2 amide bonds. The minimum atomic E-state index is -0.475. The highest BCUT2D eigenvalue weighted by Crippen LogP contribution is 2.24. The molecule has 1 aromatic carbocycles. The molecule has 2 N–H and O–H groups in total. The first-order valence-electron chi connectivity index (χ1n) is 12.1. The molecule has 180 valence electrons. The average Bonchev–Trinajstić information content (AvgIpc) is 3.29. The van der Waals surface area contributed by atoms with Gasteiger partial charge in [-0.2, -0.15) is 0 Å². The van der Waals surface area contributed by atoms with Gasteiger partial charge < -0.3 is 20.1 Å². The van der Waals surface area contributed by atoms with Crippen molar-refractivity contribution < 1.29 is 24.2 Å². The van der Waals surface area contributed by atoms with Gasteiger partial charge in [0, 0.05) is 19.4 Å². The van der Waals surface area contributed by atoms with Gasteiger partial charge in [-0.15, -0.1) is 0 Å². The molecule has 0 aliphatic carbocycles. The van der Waals surface area contributed by atoms with Gasteiger partial charge in [0.25, 0.3) is 0 Å². The summed E-state index contributed by atoms with van der Waals surface area (Å²) in [5, 5.41) is 12.7. The van der Waals surface area contributed by atoms with Crippen molar-refractivity contribution in [2.45, 2.75) is 69.9 Å². The molecule has 7 nitrogen and oxygen atoms in total. The number of benzene rings is 1. The molecule has 1 aromatic rings. The number of nitrogens with one attached hydrogen (secondary N) is 1. The van der Waals surface area contributed by atoms with E-state index in [1.165, 1.54) is 0 Å². The summed E-state index contributed by atoms with van der Waals surface area (Å²) in [5.74, 6) is -0.981. The SMILES string of the molecule is O=C(CC1CC=CCCCCC(=O)OCC2CCCN2C1=O)NC(CO)Cc1ccccc1. The van der Waals surface area contributed by atoms with Crippen LogP contribution in [0.5, 0.6) is 0 Å². The molecule has 0 spiro atoms. The van der Waals surface area contributed by atoms with Crippen LogP contribution in [-0.4, -0.2) is 59.6 Å². The van der Waals surface area contributed by atoms with E-state index in [1.807, 2.05) is 42.5 Å². The summed E-state index contributed by atoms with van der Waals surface area (Å²) in [5.41, 5.74) is 1.03. The number of amides is 2. The van der Waals surface area contributed by atoms with Gasteiger partial charge in [0.1, 0.15) is 6.61 Å². The highest BCUT2D eigenvalue weighted by molar-refractivity contribution is 5.86. The largest absolute Gasteiger partial charge is 0.463 e. The zero-order valence-electron chi connectivity index (χ0n) is 19.3. The Bertz CT molecular complexity index is 810. The molecule has 33 heavy (non-hydrogen) atoms. The van der Waals surface area contributed by atoms with Gasteiger partial charge in [-0.05, 0) is 50.5 Å². The number of aliphatic hydroxyl groups excluding tert-OH is 1.